The molecule has 0 bridgehead atoms. The Kier molecular flexibility index (Phi) is 6.40. The summed E-state index contributed by atoms with van der Waals surface area (Å²) < 4.78 is 15.1. The molecule has 9 heteroatoms. The van der Waals surface area contributed by atoms with Crippen LogP contribution in [0.2, 0.25) is 5.02 Å². The van der Waals surface area contributed by atoms with Gasteiger partial charge < -0.3 is 21.3 Å². The number of halogens is 2. The van der Waals surface area contributed by atoms with Crippen molar-refractivity contribution in [1.82, 2.24) is 10.2 Å². The van der Waals surface area contributed by atoms with Gasteiger partial charge in [-0.05, 0) is 60.9 Å². The Morgan fingerprint density at radius 2 is 1.88 bits per heavy atom. The zero-order chi connectivity index (χ0) is 28.2. The van der Waals surface area contributed by atoms with Crippen LogP contribution in [0.1, 0.15) is 48.1 Å². The van der Waals surface area contributed by atoms with Crippen molar-refractivity contribution in [1.29, 1.82) is 0 Å². The molecule has 7 nitrogen and oxygen atoms in total. The Labute approximate surface area is 243 Å². The van der Waals surface area contributed by atoms with Crippen LogP contribution in [-0.2, 0) is 6.42 Å². The predicted molar refractivity (Wildman–Crippen MR) is 165 cm³/mol. The van der Waals surface area contributed by atoms with Crippen LogP contribution in [0.4, 0.5) is 15.8 Å². The third-order valence-corrected chi connectivity index (χ3v) is 8.46. The van der Waals surface area contributed by atoms with Gasteiger partial charge in [0.1, 0.15) is 11.7 Å². The maximum absolute atomic E-state index is 15.1. The molecule has 0 radical (unpaired) electrons. The van der Waals surface area contributed by atoms with Crippen LogP contribution in [0.3, 0.4) is 0 Å². The Morgan fingerprint density at radius 3 is 2.71 bits per heavy atom. The van der Waals surface area contributed by atoms with Gasteiger partial charge in [0.25, 0.3) is 0 Å². The summed E-state index contributed by atoms with van der Waals surface area (Å²) in [7, 11) is 0. The largest absolute Gasteiger partial charge is 0.369 e. The summed E-state index contributed by atoms with van der Waals surface area (Å²) >= 11 is 6.67. The van der Waals surface area contributed by atoms with E-state index in [0.29, 0.717) is 53.7 Å². The molecule has 1 fully saturated rings. The van der Waals surface area contributed by atoms with E-state index in [4.69, 9.17) is 32.3 Å². The molecule has 1 aliphatic carbocycles. The smallest absolute Gasteiger partial charge is 0.196 e. The number of anilines is 1. The molecule has 7 rings (SSSR count). The van der Waals surface area contributed by atoms with E-state index in [9.17, 15) is 0 Å². The summed E-state index contributed by atoms with van der Waals surface area (Å²) in [5.41, 5.74) is 15.0. The van der Waals surface area contributed by atoms with Crippen LogP contribution in [0.15, 0.2) is 75.1 Å². The molecular weight excluding hydrogens is 537 g/mol. The van der Waals surface area contributed by atoms with Crippen LogP contribution in [0.25, 0.3) is 5.70 Å². The summed E-state index contributed by atoms with van der Waals surface area (Å²) in [4.78, 5) is 16.8. The molecule has 0 amide bonds. The number of hydrogen-bond donors (Lipinski definition) is 3. The molecule has 0 aromatic heterocycles. The molecule has 3 aliphatic heterocycles. The number of nitrogens with two attached hydrogens (primary N) is 1. The van der Waals surface area contributed by atoms with Gasteiger partial charge in [0.2, 0.25) is 0 Å². The predicted octanol–water partition coefficient (Wildman–Crippen LogP) is 5.49. The molecule has 2 atom stereocenters. The van der Waals surface area contributed by atoms with Gasteiger partial charge in [-0.2, -0.15) is 0 Å². The van der Waals surface area contributed by atoms with E-state index in [1.807, 2.05) is 42.5 Å². The number of benzene rings is 3. The first-order chi connectivity index (χ1) is 19.8. The van der Waals surface area contributed by atoms with Crippen molar-refractivity contribution in [3.63, 3.8) is 0 Å². The lowest BCUT2D eigenvalue weighted by atomic mass is 9.81. The average Bonchev–Trinajstić information content (AvgIpc) is 3.26. The Balaban J connectivity index is 1.16. The highest BCUT2D eigenvalue weighted by atomic mass is 35.5. The van der Waals surface area contributed by atoms with Gasteiger partial charge in [0.15, 0.2) is 5.96 Å². The maximum Gasteiger partial charge on any atom is 0.196 e. The van der Waals surface area contributed by atoms with Crippen LogP contribution in [0, 0.1) is 5.82 Å². The fourth-order valence-electron chi connectivity index (χ4n) is 6.42. The van der Waals surface area contributed by atoms with Crippen LogP contribution in [-0.4, -0.2) is 54.1 Å². The van der Waals surface area contributed by atoms with Gasteiger partial charge in [-0.15, -0.1) is 0 Å². The normalized spacial score (nSPS) is 21.5. The molecule has 0 saturated carbocycles. The highest BCUT2D eigenvalue weighted by Crippen LogP contribution is 2.42. The maximum atomic E-state index is 15.1. The van der Waals surface area contributed by atoms with Gasteiger partial charge in [0, 0.05) is 65.4 Å². The van der Waals surface area contributed by atoms with Crippen molar-refractivity contribution in [3.8, 4) is 0 Å². The van der Waals surface area contributed by atoms with E-state index in [1.54, 1.807) is 6.07 Å². The first-order valence-electron chi connectivity index (χ1n) is 14.0. The topological polar surface area (TPSA) is 90.4 Å². The molecule has 3 aromatic carbocycles. The number of nitrogens with one attached hydrogen (secondary N) is 2. The monoisotopic (exact) mass is 567 g/mol. The highest BCUT2D eigenvalue weighted by molar-refractivity contribution is 6.33. The summed E-state index contributed by atoms with van der Waals surface area (Å²) in [5.74, 6) is 1.10. The summed E-state index contributed by atoms with van der Waals surface area (Å²) in [5, 5.41) is 7.67. The second kappa shape index (κ2) is 10.1. The lowest BCUT2D eigenvalue weighted by Gasteiger charge is -2.36. The van der Waals surface area contributed by atoms with Gasteiger partial charge in [-0.3, -0.25) is 4.99 Å². The number of aliphatic imine (C=N–C) groups is 3. The van der Waals surface area contributed by atoms with Gasteiger partial charge in [-0.1, -0.05) is 35.9 Å². The second-order valence-electron chi connectivity index (χ2n) is 11.3. The van der Waals surface area contributed by atoms with Gasteiger partial charge in [0.05, 0.1) is 23.6 Å². The van der Waals surface area contributed by atoms with Crippen molar-refractivity contribution >= 4 is 46.2 Å². The minimum absolute atomic E-state index is 0.255. The van der Waals surface area contributed by atoms with E-state index in [1.165, 1.54) is 6.07 Å². The number of nitrogens with zero attached hydrogens (tertiary/aromatic N) is 4. The molecule has 3 heterocycles. The molecule has 1 saturated heterocycles. The highest BCUT2D eigenvalue weighted by Gasteiger charge is 2.33. The Hall–Kier alpha value is -4.01. The van der Waals surface area contributed by atoms with E-state index >= 15 is 4.39 Å². The van der Waals surface area contributed by atoms with Crippen LogP contribution < -0.4 is 16.4 Å². The molecular formula is C32H31ClFN7. The standard InChI is InChI=1S/C32H31ClFN7/c1-17-15-41(16-18(2)37-17)32(35)39-22-7-4-6-21(13-22)38-27-12-20-14-36-31-28-19(5-3-8-26(28)34)11-24-25(33)10-9-23(29(24)31)30(20)40-27/h3-10,13,17-18,37H,11-12,14-16H2,1-2H3,(H2,35,39)(H,38,40). The molecule has 3 aromatic rings. The zero-order valence-corrected chi connectivity index (χ0v) is 23.8. The number of piperazine rings is 1. The molecule has 4 N–H and O–H groups in total. The number of hydrogen-bond acceptors (Lipinski definition) is 5. The average molecular weight is 568 g/mol. The zero-order valence-electron chi connectivity index (χ0n) is 23.0. The van der Waals surface area contributed by atoms with Crippen molar-refractivity contribution in [2.45, 2.75) is 38.8 Å². The number of amidine groups is 1. The van der Waals surface area contributed by atoms with Gasteiger partial charge in [-0.25, -0.2) is 14.4 Å². The lowest BCUT2D eigenvalue weighted by molar-refractivity contribution is 0.253. The van der Waals surface area contributed by atoms with Gasteiger partial charge >= 0.3 is 0 Å². The summed E-state index contributed by atoms with van der Waals surface area (Å²) in [6.07, 6.45) is 1.19. The fraction of sp³-hybridized carbons (Fsp3) is 0.281. The molecule has 4 aliphatic rings. The fourth-order valence-corrected chi connectivity index (χ4v) is 6.65. The SMILES string of the molecule is CC1CN(C(N)=Nc2cccc(NC3=NC4=C(CN=C5c6c(F)cccc6Cc6c(Cl)ccc4c65)C3)c2)CC(C)N1. The second-order valence-corrected chi connectivity index (χ2v) is 11.7. The molecule has 2 unspecified atom stereocenters. The minimum Gasteiger partial charge on any atom is -0.369 e. The lowest BCUT2D eigenvalue weighted by Crippen LogP contribution is -2.57. The third kappa shape index (κ3) is 4.71. The number of guanidine groups is 1. The number of fused-ring (bicyclic) bond motifs is 3. The van der Waals surface area contributed by atoms with Crippen LogP contribution in [0.5, 0.6) is 0 Å². The van der Waals surface area contributed by atoms with Crippen molar-refractivity contribution in [2.75, 3.05) is 25.0 Å². The first-order valence-corrected chi connectivity index (χ1v) is 14.4. The molecule has 41 heavy (non-hydrogen) atoms. The third-order valence-electron chi connectivity index (χ3n) is 8.10. The number of rotatable bonds is 2. The van der Waals surface area contributed by atoms with E-state index in [-0.39, 0.29) is 5.82 Å². The van der Waals surface area contributed by atoms with Crippen molar-refractivity contribution < 1.29 is 4.39 Å². The summed E-state index contributed by atoms with van der Waals surface area (Å²) in [6.45, 7) is 6.40. The Bertz CT molecular complexity index is 1700. The quantitative estimate of drug-likeness (QED) is 0.221. The Morgan fingerprint density at radius 1 is 1.07 bits per heavy atom. The van der Waals surface area contributed by atoms with E-state index < -0.39 is 0 Å². The first kappa shape index (κ1) is 25.9. The molecule has 208 valence electrons. The van der Waals surface area contributed by atoms with E-state index in [2.05, 4.69) is 29.4 Å². The minimum atomic E-state index is -0.255. The van der Waals surface area contributed by atoms with Crippen LogP contribution >= 0.6 is 11.6 Å². The molecule has 0 spiro atoms. The van der Waals surface area contributed by atoms with Crippen molar-refractivity contribution in [2.24, 2.45) is 20.7 Å². The van der Waals surface area contributed by atoms with Crippen molar-refractivity contribution in [3.05, 3.63) is 98.8 Å². The van der Waals surface area contributed by atoms with E-state index in [0.717, 1.165) is 63.8 Å². The summed E-state index contributed by atoms with van der Waals surface area (Å²) in [6, 6.07) is 17.7.